The second-order valence-electron chi connectivity index (χ2n) is 5.11. The fraction of sp³-hybridized carbons (Fsp3) is 1.00. The quantitative estimate of drug-likeness (QED) is 0.449. The van der Waals surface area contributed by atoms with E-state index in [0.717, 1.165) is 0 Å². The molecule has 4 N–H and O–H groups in total. The van der Waals surface area contributed by atoms with Crippen molar-refractivity contribution in [1.29, 1.82) is 0 Å². The number of aliphatic hydroxyl groups is 4. The van der Waals surface area contributed by atoms with E-state index in [2.05, 4.69) is 0 Å². The lowest BCUT2D eigenvalue weighted by molar-refractivity contribution is -0.279. The average Bonchev–Trinajstić information content (AvgIpc) is 2.13. The Balaban J connectivity index is 3.01. The van der Waals surface area contributed by atoms with Crippen molar-refractivity contribution in [2.75, 3.05) is 13.2 Å². The van der Waals surface area contributed by atoms with Crippen LogP contribution in [0.1, 0.15) is 20.8 Å². The van der Waals surface area contributed by atoms with E-state index in [4.69, 9.17) is 4.74 Å². The maximum absolute atomic E-state index is 9.90. The standard InChI is InChI=1S/C10H20O5/c1-9(2,3)10(5-11)8(14)7(13)6(12)4-15-10/h6-8,11-14H,4-5H2,1-3H3/t6-,7-,8?,10+/m0/s1. The summed E-state index contributed by atoms with van der Waals surface area (Å²) < 4.78 is 5.36. The minimum atomic E-state index is -1.30. The Morgan fingerprint density at radius 2 is 1.80 bits per heavy atom. The average molecular weight is 220 g/mol. The topological polar surface area (TPSA) is 90.2 Å². The summed E-state index contributed by atoms with van der Waals surface area (Å²) in [6, 6.07) is 0. The van der Waals surface area contributed by atoms with Gasteiger partial charge in [0.1, 0.15) is 23.9 Å². The zero-order chi connectivity index (χ0) is 11.9. The number of rotatable bonds is 1. The summed E-state index contributed by atoms with van der Waals surface area (Å²) in [6.07, 6.45) is -3.70. The van der Waals surface area contributed by atoms with Crippen molar-refractivity contribution in [3.63, 3.8) is 0 Å². The van der Waals surface area contributed by atoms with E-state index in [-0.39, 0.29) is 6.61 Å². The van der Waals surface area contributed by atoms with Gasteiger partial charge in [-0.05, 0) is 5.41 Å². The zero-order valence-corrected chi connectivity index (χ0v) is 9.34. The summed E-state index contributed by atoms with van der Waals surface area (Å²) in [6.45, 7) is 4.92. The summed E-state index contributed by atoms with van der Waals surface area (Å²) in [5.41, 5.74) is -1.77. The van der Waals surface area contributed by atoms with Crippen LogP contribution < -0.4 is 0 Å². The van der Waals surface area contributed by atoms with Crippen molar-refractivity contribution < 1.29 is 25.2 Å². The van der Waals surface area contributed by atoms with Crippen LogP contribution in [-0.4, -0.2) is 57.6 Å². The van der Waals surface area contributed by atoms with Gasteiger partial charge in [0.25, 0.3) is 0 Å². The summed E-state index contributed by atoms with van der Waals surface area (Å²) in [7, 11) is 0. The monoisotopic (exact) mass is 220 g/mol. The largest absolute Gasteiger partial charge is 0.393 e. The fourth-order valence-electron chi connectivity index (χ4n) is 1.94. The second kappa shape index (κ2) is 3.99. The molecule has 1 unspecified atom stereocenters. The Labute approximate surface area is 89.3 Å². The van der Waals surface area contributed by atoms with Crippen LogP contribution in [0.4, 0.5) is 0 Å². The molecular formula is C10H20O5. The van der Waals surface area contributed by atoms with Crippen LogP contribution in [0.3, 0.4) is 0 Å². The van der Waals surface area contributed by atoms with Crippen LogP contribution in [0.15, 0.2) is 0 Å². The maximum Gasteiger partial charge on any atom is 0.124 e. The molecule has 1 heterocycles. The number of hydrogen-bond acceptors (Lipinski definition) is 5. The molecule has 0 aromatic heterocycles. The fourth-order valence-corrected chi connectivity index (χ4v) is 1.94. The molecular weight excluding hydrogens is 200 g/mol. The molecule has 5 heteroatoms. The third-order valence-electron chi connectivity index (χ3n) is 3.21. The SMILES string of the molecule is CC(C)(C)[C@]1(CO)OC[C@H](O)[C@H](O)C1O. The maximum atomic E-state index is 9.90. The molecule has 1 rings (SSSR count). The first kappa shape index (κ1) is 12.9. The Kier molecular flexibility index (Phi) is 3.42. The lowest BCUT2D eigenvalue weighted by Gasteiger charge is -2.51. The molecule has 5 nitrogen and oxygen atoms in total. The van der Waals surface area contributed by atoms with Crippen LogP contribution in [0.5, 0.6) is 0 Å². The first-order chi connectivity index (χ1) is 6.76. The van der Waals surface area contributed by atoms with Crippen molar-refractivity contribution in [3.05, 3.63) is 0 Å². The summed E-state index contributed by atoms with van der Waals surface area (Å²) >= 11 is 0. The van der Waals surface area contributed by atoms with E-state index in [0.29, 0.717) is 0 Å². The molecule has 0 bridgehead atoms. The van der Waals surface area contributed by atoms with Gasteiger partial charge in [0.2, 0.25) is 0 Å². The molecule has 4 atom stereocenters. The number of hydrogen-bond donors (Lipinski definition) is 4. The van der Waals surface area contributed by atoms with Gasteiger partial charge in [0, 0.05) is 0 Å². The van der Waals surface area contributed by atoms with E-state index < -0.39 is 35.9 Å². The Morgan fingerprint density at radius 1 is 1.27 bits per heavy atom. The highest BCUT2D eigenvalue weighted by atomic mass is 16.5. The summed E-state index contributed by atoms with van der Waals surface area (Å²) in [4.78, 5) is 0. The van der Waals surface area contributed by atoms with Gasteiger partial charge in [0.15, 0.2) is 0 Å². The van der Waals surface area contributed by atoms with Crippen LogP contribution in [0.2, 0.25) is 0 Å². The minimum Gasteiger partial charge on any atom is -0.393 e. The molecule has 0 radical (unpaired) electrons. The second-order valence-corrected chi connectivity index (χ2v) is 5.11. The molecule has 0 aliphatic carbocycles. The molecule has 1 fully saturated rings. The number of aliphatic hydroxyl groups excluding tert-OH is 4. The first-order valence-electron chi connectivity index (χ1n) is 5.05. The van der Waals surface area contributed by atoms with E-state index in [1.54, 1.807) is 20.8 Å². The predicted octanol–water partition coefficient (Wildman–Crippen LogP) is -1.12. The number of ether oxygens (including phenoxy) is 1. The van der Waals surface area contributed by atoms with Crippen LogP contribution in [-0.2, 0) is 4.74 Å². The van der Waals surface area contributed by atoms with Gasteiger partial charge in [-0.3, -0.25) is 0 Å². The molecule has 1 saturated heterocycles. The summed E-state index contributed by atoms with van der Waals surface area (Å²) in [5.74, 6) is 0. The highest BCUT2D eigenvalue weighted by molar-refractivity contribution is 5.04. The first-order valence-corrected chi connectivity index (χ1v) is 5.05. The zero-order valence-electron chi connectivity index (χ0n) is 9.34. The third kappa shape index (κ3) is 1.90. The highest BCUT2D eigenvalue weighted by Crippen LogP contribution is 2.40. The van der Waals surface area contributed by atoms with E-state index in [1.807, 2.05) is 0 Å². The van der Waals surface area contributed by atoms with Gasteiger partial charge in [-0.25, -0.2) is 0 Å². The van der Waals surface area contributed by atoms with Crippen molar-refractivity contribution in [3.8, 4) is 0 Å². The van der Waals surface area contributed by atoms with E-state index in [1.165, 1.54) is 0 Å². The van der Waals surface area contributed by atoms with Gasteiger partial charge in [-0.2, -0.15) is 0 Å². The lowest BCUT2D eigenvalue weighted by atomic mass is 9.70. The van der Waals surface area contributed by atoms with Crippen molar-refractivity contribution >= 4 is 0 Å². The molecule has 0 spiro atoms. The van der Waals surface area contributed by atoms with E-state index in [9.17, 15) is 20.4 Å². The Bertz CT molecular complexity index is 224. The third-order valence-corrected chi connectivity index (χ3v) is 3.21. The van der Waals surface area contributed by atoms with Crippen LogP contribution in [0.25, 0.3) is 0 Å². The minimum absolute atomic E-state index is 0.0872. The van der Waals surface area contributed by atoms with Crippen LogP contribution >= 0.6 is 0 Å². The molecule has 0 amide bonds. The highest BCUT2D eigenvalue weighted by Gasteiger charge is 2.55. The lowest BCUT2D eigenvalue weighted by Crippen LogP contribution is -2.67. The Hall–Kier alpha value is -0.200. The van der Waals surface area contributed by atoms with Crippen LogP contribution in [0, 0.1) is 5.41 Å². The summed E-state index contributed by atoms with van der Waals surface area (Å²) in [5, 5.41) is 38.2. The molecule has 90 valence electrons. The predicted molar refractivity (Wildman–Crippen MR) is 53.2 cm³/mol. The molecule has 0 aromatic rings. The van der Waals surface area contributed by atoms with Crippen molar-refractivity contribution in [2.24, 2.45) is 5.41 Å². The van der Waals surface area contributed by atoms with Gasteiger partial charge in [-0.1, -0.05) is 20.8 Å². The van der Waals surface area contributed by atoms with Gasteiger partial charge in [-0.15, -0.1) is 0 Å². The van der Waals surface area contributed by atoms with Gasteiger partial charge < -0.3 is 25.2 Å². The van der Waals surface area contributed by atoms with Gasteiger partial charge in [0.05, 0.1) is 13.2 Å². The molecule has 0 saturated carbocycles. The molecule has 1 aliphatic heterocycles. The molecule has 1 aliphatic rings. The van der Waals surface area contributed by atoms with E-state index >= 15 is 0 Å². The molecule has 0 aromatic carbocycles. The Morgan fingerprint density at radius 3 is 2.20 bits per heavy atom. The van der Waals surface area contributed by atoms with Crippen molar-refractivity contribution in [2.45, 2.75) is 44.7 Å². The molecule has 15 heavy (non-hydrogen) atoms. The normalized spacial score (nSPS) is 43.0. The van der Waals surface area contributed by atoms with Crippen molar-refractivity contribution in [1.82, 2.24) is 0 Å². The smallest absolute Gasteiger partial charge is 0.124 e. The van der Waals surface area contributed by atoms with Gasteiger partial charge >= 0.3 is 0 Å².